The molecule has 1 saturated heterocycles. The van der Waals surface area contributed by atoms with E-state index in [9.17, 15) is 9.59 Å². The third-order valence-electron chi connectivity index (χ3n) is 3.12. The summed E-state index contributed by atoms with van der Waals surface area (Å²) in [5.41, 5.74) is 1.66. The number of imide groups is 1. The molecule has 1 aliphatic rings. The van der Waals surface area contributed by atoms with Crippen molar-refractivity contribution in [1.29, 1.82) is 0 Å². The Morgan fingerprint density at radius 3 is 2.38 bits per heavy atom. The Hall–Kier alpha value is -2.27. The van der Waals surface area contributed by atoms with E-state index < -0.39 is 0 Å². The minimum atomic E-state index is -0.317. The maximum absolute atomic E-state index is 12.4. The van der Waals surface area contributed by atoms with Gasteiger partial charge in [0.15, 0.2) is 0 Å². The van der Waals surface area contributed by atoms with Gasteiger partial charge in [-0.2, -0.15) is 0 Å². The van der Waals surface area contributed by atoms with E-state index in [1.165, 1.54) is 4.90 Å². The number of aryl methyl sites for hydroxylation is 2. The molecule has 0 spiro atoms. The van der Waals surface area contributed by atoms with Crippen LogP contribution < -0.4 is 4.90 Å². The third-order valence-corrected chi connectivity index (χ3v) is 3.99. The Bertz CT molecular complexity index is 743. The summed E-state index contributed by atoms with van der Waals surface area (Å²) in [5, 5.41) is -0.293. The van der Waals surface area contributed by atoms with Crippen molar-refractivity contribution in [2.24, 2.45) is 0 Å². The van der Waals surface area contributed by atoms with E-state index in [0.29, 0.717) is 16.4 Å². The fourth-order valence-corrected chi connectivity index (χ4v) is 2.87. The highest BCUT2D eigenvalue weighted by molar-refractivity contribution is 8.19. The van der Waals surface area contributed by atoms with Gasteiger partial charge >= 0.3 is 0 Å². The molecule has 5 heteroatoms. The molecule has 0 unspecified atom stereocenters. The highest BCUT2D eigenvalue weighted by Crippen LogP contribution is 2.35. The lowest BCUT2D eigenvalue weighted by Crippen LogP contribution is -2.27. The maximum atomic E-state index is 12.4. The quantitative estimate of drug-likeness (QED) is 0.782. The number of anilines is 1. The van der Waals surface area contributed by atoms with E-state index in [4.69, 9.17) is 4.42 Å². The van der Waals surface area contributed by atoms with Gasteiger partial charge in [-0.15, -0.1) is 0 Å². The average Bonchev–Trinajstić information content (AvgIpc) is 2.96. The number of carbonyl (C=O) groups is 2. The molecule has 3 rings (SSSR count). The first-order chi connectivity index (χ1) is 10.0. The molecule has 0 aliphatic carbocycles. The lowest BCUT2D eigenvalue weighted by molar-refractivity contribution is -0.113. The van der Waals surface area contributed by atoms with E-state index >= 15 is 0 Å². The van der Waals surface area contributed by atoms with Crippen LogP contribution in [0.2, 0.25) is 0 Å². The van der Waals surface area contributed by atoms with Crippen LogP contribution in [0.5, 0.6) is 0 Å². The van der Waals surface area contributed by atoms with Crippen molar-refractivity contribution >= 4 is 34.7 Å². The second kappa shape index (κ2) is 5.26. The fourth-order valence-electron chi connectivity index (χ4n) is 2.04. The van der Waals surface area contributed by atoms with Crippen molar-refractivity contribution in [2.75, 3.05) is 4.90 Å². The lowest BCUT2D eigenvalue weighted by atomic mass is 10.2. The third kappa shape index (κ3) is 2.64. The topological polar surface area (TPSA) is 50.5 Å². The molecule has 2 heterocycles. The molecular weight excluding hydrogens is 286 g/mol. The summed E-state index contributed by atoms with van der Waals surface area (Å²) in [4.78, 5) is 26.0. The van der Waals surface area contributed by atoms with E-state index in [1.54, 1.807) is 24.3 Å². The van der Waals surface area contributed by atoms with Crippen LogP contribution in [-0.4, -0.2) is 11.1 Å². The Balaban J connectivity index is 1.92. The van der Waals surface area contributed by atoms with Crippen molar-refractivity contribution in [3.05, 3.63) is 58.4 Å². The smallest absolute Gasteiger partial charge is 0.298 e. The van der Waals surface area contributed by atoms with Gasteiger partial charge < -0.3 is 4.42 Å². The van der Waals surface area contributed by atoms with Crippen LogP contribution in [0.15, 0.2) is 45.7 Å². The molecule has 1 fully saturated rings. The van der Waals surface area contributed by atoms with E-state index in [-0.39, 0.29) is 11.1 Å². The highest BCUT2D eigenvalue weighted by atomic mass is 32.2. The Morgan fingerprint density at radius 2 is 1.76 bits per heavy atom. The van der Waals surface area contributed by atoms with Gasteiger partial charge in [0.25, 0.3) is 11.1 Å². The summed E-state index contributed by atoms with van der Waals surface area (Å²) in [6.45, 7) is 3.78. The van der Waals surface area contributed by atoms with Crippen LogP contribution in [0.25, 0.3) is 6.08 Å². The summed E-state index contributed by atoms with van der Waals surface area (Å²) in [6.07, 6.45) is 1.60. The van der Waals surface area contributed by atoms with Crippen molar-refractivity contribution in [2.45, 2.75) is 13.8 Å². The summed E-state index contributed by atoms with van der Waals surface area (Å²) in [7, 11) is 0. The molecule has 2 aromatic rings. The van der Waals surface area contributed by atoms with Crippen molar-refractivity contribution in [3.63, 3.8) is 0 Å². The van der Waals surface area contributed by atoms with Crippen LogP contribution in [-0.2, 0) is 4.79 Å². The molecule has 0 saturated carbocycles. The lowest BCUT2D eigenvalue weighted by Gasteiger charge is -2.12. The largest absolute Gasteiger partial charge is 0.462 e. The number of hydrogen-bond acceptors (Lipinski definition) is 4. The first-order valence-electron chi connectivity index (χ1n) is 6.45. The van der Waals surface area contributed by atoms with E-state index in [2.05, 4.69) is 0 Å². The van der Waals surface area contributed by atoms with Gasteiger partial charge in [-0.25, -0.2) is 4.90 Å². The Morgan fingerprint density at radius 1 is 1.05 bits per heavy atom. The summed E-state index contributed by atoms with van der Waals surface area (Å²) in [5.74, 6) is 1.02. The van der Waals surface area contributed by atoms with E-state index in [1.807, 2.05) is 32.0 Å². The van der Waals surface area contributed by atoms with Gasteiger partial charge in [0, 0.05) is 6.08 Å². The molecule has 0 atom stereocenters. The van der Waals surface area contributed by atoms with Crippen molar-refractivity contribution in [3.8, 4) is 0 Å². The van der Waals surface area contributed by atoms with Gasteiger partial charge in [0.05, 0.1) is 10.6 Å². The second-order valence-electron chi connectivity index (χ2n) is 4.80. The number of hydrogen-bond donors (Lipinski definition) is 0. The molecule has 21 heavy (non-hydrogen) atoms. The number of thioether (sulfide) groups is 1. The summed E-state index contributed by atoms with van der Waals surface area (Å²) < 4.78 is 5.41. The average molecular weight is 299 g/mol. The normalized spacial score (nSPS) is 17.0. The number of furan rings is 1. The summed E-state index contributed by atoms with van der Waals surface area (Å²) >= 11 is 0.923. The summed E-state index contributed by atoms with van der Waals surface area (Å²) in [6, 6.07) is 10.9. The highest BCUT2D eigenvalue weighted by Gasteiger charge is 2.36. The molecule has 0 radical (unpaired) electrons. The molecule has 2 amide bonds. The zero-order valence-electron chi connectivity index (χ0n) is 11.6. The zero-order valence-corrected chi connectivity index (χ0v) is 12.4. The first-order valence-corrected chi connectivity index (χ1v) is 7.27. The van der Waals surface area contributed by atoms with Gasteiger partial charge in [0.1, 0.15) is 11.5 Å². The molecule has 1 aliphatic heterocycles. The van der Waals surface area contributed by atoms with Crippen molar-refractivity contribution in [1.82, 2.24) is 0 Å². The van der Waals surface area contributed by atoms with Crippen LogP contribution >= 0.6 is 11.8 Å². The second-order valence-corrected chi connectivity index (χ2v) is 5.79. The van der Waals surface area contributed by atoms with Crippen LogP contribution in [0.1, 0.15) is 17.1 Å². The van der Waals surface area contributed by atoms with E-state index in [0.717, 1.165) is 23.1 Å². The fraction of sp³-hybridized carbons (Fsp3) is 0.125. The monoisotopic (exact) mass is 299 g/mol. The van der Waals surface area contributed by atoms with Gasteiger partial charge in [0.2, 0.25) is 0 Å². The van der Waals surface area contributed by atoms with Gasteiger partial charge in [-0.3, -0.25) is 9.59 Å². The Labute approximate surface area is 126 Å². The van der Waals surface area contributed by atoms with Crippen LogP contribution in [0.4, 0.5) is 10.5 Å². The predicted molar refractivity (Wildman–Crippen MR) is 83.1 cm³/mol. The molecule has 4 nitrogen and oxygen atoms in total. The zero-order chi connectivity index (χ0) is 15.0. The minimum absolute atomic E-state index is 0.293. The number of carbonyl (C=O) groups excluding carboxylic acids is 2. The molecular formula is C16H13NO3S. The molecule has 106 valence electrons. The molecule has 1 aromatic carbocycles. The van der Waals surface area contributed by atoms with Gasteiger partial charge in [-0.1, -0.05) is 17.7 Å². The van der Waals surface area contributed by atoms with Crippen LogP contribution in [0.3, 0.4) is 0 Å². The standard InChI is InChI=1S/C16H13NO3S/c1-10-3-6-12(7-4-10)17-15(18)14(21-16(17)19)9-13-8-5-11(2)20-13/h3-9H,1-2H3/b14-9+. The van der Waals surface area contributed by atoms with Crippen molar-refractivity contribution < 1.29 is 14.0 Å². The number of benzene rings is 1. The molecule has 0 N–H and O–H groups in total. The number of amides is 2. The molecule has 0 bridgehead atoms. The number of nitrogens with zero attached hydrogens (tertiary/aromatic N) is 1. The first kappa shape index (κ1) is 13.7. The number of rotatable bonds is 2. The minimum Gasteiger partial charge on any atom is -0.462 e. The predicted octanol–water partition coefficient (Wildman–Crippen LogP) is 4.14. The SMILES string of the molecule is Cc1ccc(N2C(=O)S/C(=C/c3ccc(C)o3)C2=O)cc1. The van der Waals surface area contributed by atoms with Gasteiger partial charge in [-0.05, 0) is 49.9 Å². The molecule has 1 aromatic heterocycles. The Kier molecular flexibility index (Phi) is 3.43. The van der Waals surface area contributed by atoms with Crippen LogP contribution in [0, 0.1) is 13.8 Å². The maximum Gasteiger partial charge on any atom is 0.298 e.